The third-order valence-electron chi connectivity index (χ3n) is 5.53. The number of rotatable bonds is 3. The number of fused-ring (bicyclic) bond motifs is 2. The van der Waals surface area contributed by atoms with Gasteiger partial charge in [0.15, 0.2) is 0 Å². The fourth-order valence-corrected chi connectivity index (χ4v) is 5.26. The first kappa shape index (κ1) is 18.1. The molecule has 2 aromatic rings. The van der Waals surface area contributed by atoms with E-state index in [0.29, 0.717) is 23.3 Å². The lowest BCUT2D eigenvalue weighted by Crippen LogP contribution is -2.46. The molecule has 2 aliphatic heterocycles. The molecule has 0 saturated carbocycles. The van der Waals surface area contributed by atoms with Crippen LogP contribution in [0.25, 0.3) is 11.0 Å². The first-order valence-corrected chi connectivity index (χ1v) is 9.94. The van der Waals surface area contributed by atoms with Gasteiger partial charge in [0, 0.05) is 29.2 Å². The van der Waals surface area contributed by atoms with Crippen LogP contribution in [-0.2, 0) is 20.9 Å². The number of ether oxygens (including phenoxy) is 1. The highest BCUT2D eigenvalue weighted by Gasteiger charge is 2.53. The van der Waals surface area contributed by atoms with Gasteiger partial charge < -0.3 is 14.1 Å². The summed E-state index contributed by atoms with van der Waals surface area (Å²) in [7, 11) is 0. The van der Waals surface area contributed by atoms with Crippen LogP contribution in [0.4, 0.5) is 0 Å². The molecule has 1 aromatic carbocycles. The van der Waals surface area contributed by atoms with E-state index < -0.39 is 17.6 Å². The molecule has 2 aliphatic rings. The van der Waals surface area contributed by atoms with E-state index in [0.717, 1.165) is 22.9 Å². The van der Waals surface area contributed by atoms with Crippen molar-refractivity contribution in [2.45, 2.75) is 51.1 Å². The Hall–Kier alpha value is -2.28. The number of thioether (sulfide) groups is 1. The van der Waals surface area contributed by atoms with Crippen molar-refractivity contribution in [3.05, 3.63) is 45.3 Å². The number of aryl methyl sites for hydroxylation is 2. The topological polar surface area (TPSA) is 76.8 Å². The summed E-state index contributed by atoms with van der Waals surface area (Å²) in [6.45, 7) is 5.90. The smallest absolute Gasteiger partial charge is 0.336 e. The van der Waals surface area contributed by atoms with Crippen LogP contribution in [-0.4, -0.2) is 33.4 Å². The number of carbonyl (C=O) groups is 2. The second-order valence-electron chi connectivity index (χ2n) is 7.40. The summed E-state index contributed by atoms with van der Waals surface area (Å²) < 4.78 is 10.8. The molecule has 1 aromatic heterocycles. The molecular weight excluding hydrogens is 366 g/mol. The van der Waals surface area contributed by atoms with Gasteiger partial charge in [0.1, 0.15) is 18.2 Å². The molecule has 0 N–H and O–H groups in total. The Balaban J connectivity index is 1.57. The third kappa shape index (κ3) is 3.04. The molecule has 142 valence electrons. The number of carbonyl (C=O) groups excluding carboxylic acids is 2. The predicted octanol–water partition coefficient (Wildman–Crippen LogP) is 2.91. The number of hydrogen-bond donors (Lipinski definition) is 0. The molecule has 2 fully saturated rings. The maximum absolute atomic E-state index is 12.7. The van der Waals surface area contributed by atoms with E-state index in [4.69, 9.17) is 9.15 Å². The van der Waals surface area contributed by atoms with Crippen LogP contribution in [0.5, 0.6) is 0 Å². The largest absolute Gasteiger partial charge is 0.459 e. The van der Waals surface area contributed by atoms with Crippen LogP contribution in [0.15, 0.2) is 27.4 Å². The van der Waals surface area contributed by atoms with Crippen molar-refractivity contribution in [3.63, 3.8) is 0 Å². The van der Waals surface area contributed by atoms with Gasteiger partial charge in [0.2, 0.25) is 5.91 Å². The molecule has 0 bridgehead atoms. The van der Waals surface area contributed by atoms with Crippen molar-refractivity contribution in [2.24, 2.45) is 0 Å². The summed E-state index contributed by atoms with van der Waals surface area (Å²) in [5.41, 5.74) is 2.70. The van der Waals surface area contributed by atoms with Gasteiger partial charge in [0.05, 0.1) is 4.87 Å². The van der Waals surface area contributed by atoms with Crippen molar-refractivity contribution in [1.29, 1.82) is 0 Å². The zero-order valence-corrected chi connectivity index (χ0v) is 16.4. The van der Waals surface area contributed by atoms with Gasteiger partial charge in [-0.3, -0.25) is 4.79 Å². The fourth-order valence-electron chi connectivity index (χ4n) is 3.84. The van der Waals surface area contributed by atoms with Gasteiger partial charge >= 0.3 is 11.6 Å². The number of esters is 1. The van der Waals surface area contributed by atoms with Gasteiger partial charge in [0.25, 0.3) is 0 Å². The minimum Gasteiger partial charge on any atom is -0.459 e. The second-order valence-corrected chi connectivity index (χ2v) is 8.90. The maximum atomic E-state index is 12.7. The van der Waals surface area contributed by atoms with Gasteiger partial charge in [-0.2, -0.15) is 0 Å². The van der Waals surface area contributed by atoms with E-state index >= 15 is 0 Å². The van der Waals surface area contributed by atoms with Crippen molar-refractivity contribution in [1.82, 2.24) is 4.90 Å². The highest BCUT2D eigenvalue weighted by Crippen LogP contribution is 2.47. The molecule has 0 spiro atoms. The van der Waals surface area contributed by atoms with Crippen LogP contribution in [0.2, 0.25) is 0 Å². The monoisotopic (exact) mass is 387 g/mol. The molecule has 0 aliphatic carbocycles. The Kier molecular flexibility index (Phi) is 4.29. The average Bonchev–Trinajstić information content (AvgIpc) is 3.10. The van der Waals surface area contributed by atoms with Crippen LogP contribution < -0.4 is 5.63 Å². The standard InChI is InChI=1S/C20H21NO5S/c1-11-6-14-13(8-18(23)26-16(14)7-12(11)2)9-25-19(24)15-10-27-20(3)5-4-17(22)21(15)20/h6-8,15H,4-5,9-10H2,1-3H3/t15-,20+/m0/s1. The number of hydrogen-bond acceptors (Lipinski definition) is 6. The van der Waals surface area contributed by atoms with E-state index in [-0.39, 0.29) is 17.4 Å². The van der Waals surface area contributed by atoms with E-state index in [1.165, 1.54) is 6.07 Å². The number of amides is 1. The molecule has 2 saturated heterocycles. The van der Waals surface area contributed by atoms with E-state index in [9.17, 15) is 14.4 Å². The maximum Gasteiger partial charge on any atom is 0.336 e. The lowest BCUT2D eigenvalue weighted by molar-refractivity contribution is -0.154. The Morgan fingerprint density at radius 1 is 1.30 bits per heavy atom. The summed E-state index contributed by atoms with van der Waals surface area (Å²) in [6, 6.07) is 4.55. The van der Waals surface area contributed by atoms with Crippen molar-refractivity contribution in [3.8, 4) is 0 Å². The normalized spacial score (nSPS) is 24.5. The van der Waals surface area contributed by atoms with Crippen LogP contribution in [0, 0.1) is 13.8 Å². The average molecular weight is 387 g/mol. The Morgan fingerprint density at radius 3 is 2.81 bits per heavy atom. The lowest BCUT2D eigenvalue weighted by Gasteiger charge is -2.29. The quantitative estimate of drug-likeness (QED) is 0.595. The third-order valence-corrected chi connectivity index (χ3v) is 7.04. The Bertz CT molecular complexity index is 1010. The van der Waals surface area contributed by atoms with Gasteiger partial charge in [-0.15, -0.1) is 11.8 Å². The summed E-state index contributed by atoms with van der Waals surface area (Å²) in [6.07, 6.45) is 1.22. The van der Waals surface area contributed by atoms with Crippen LogP contribution in [0.1, 0.15) is 36.5 Å². The SMILES string of the molecule is Cc1cc2oc(=O)cc(COC(=O)[C@@H]3CS[C@]4(C)CCC(=O)N34)c2cc1C. The summed E-state index contributed by atoms with van der Waals surface area (Å²) in [5, 5.41) is 0.758. The first-order chi connectivity index (χ1) is 12.8. The van der Waals surface area contributed by atoms with E-state index in [1.807, 2.05) is 32.9 Å². The molecule has 4 rings (SSSR count). The molecule has 0 radical (unpaired) electrons. The minimum absolute atomic E-state index is 0.00125. The lowest BCUT2D eigenvalue weighted by atomic mass is 10.0. The molecule has 27 heavy (non-hydrogen) atoms. The zero-order chi connectivity index (χ0) is 19.3. The van der Waals surface area contributed by atoms with Gasteiger partial charge in [-0.1, -0.05) is 0 Å². The van der Waals surface area contributed by atoms with Gasteiger partial charge in [-0.05, 0) is 50.5 Å². The zero-order valence-electron chi connectivity index (χ0n) is 15.5. The second kappa shape index (κ2) is 6.41. The molecule has 0 unspecified atom stereocenters. The van der Waals surface area contributed by atoms with Crippen LogP contribution >= 0.6 is 11.8 Å². The Labute approximate surface area is 160 Å². The number of nitrogens with zero attached hydrogens (tertiary/aromatic N) is 1. The minimum atomic E-state index is -0.564. The Morgan fingerprint density at radius 2 is 2.04 bits per heavy atom. The summed E-state index contributed by atoms with van der Waals surface area (Å²) in [4.78, 5) is 38.1. The number of benzene rings is 1. The summed E-state index contributed by atoms with van der Waals surface area (Å²) in [5.74, 6) is 0.116. The molecule has 1 amide bonds. The molecule has 2 atom stereocenters. The highest BCUT2D eigenvalue weighted by molar-refractivity contribution is 8.01. The van der Waals surface area contributed by atoms with Crippen molar-refractivity contribution in [2.75, 3.05) is 5.75 Å². The highest BCUT2D eigenvalue weighted by atomic mass is 32.2. The fraction of sp³-hybridized carbons (Fsp3) is 0.450. The van der Waals surface area contributed by atoms with Crippen molar-refractivity contribution < 1.29 is 18.7 Å². The molecule has 6 nitrogen and oxygen atoms in total. The molecule has 7 heteroatoms. The van der Waals surface area contributed by atoms with Crippen LogP contribution in [0.3, 0.4) is 0 Å². The molecular formula is C20H21NO5S. The van der Waals surface area contributed by atoms with Gasteiger partial charge in [-0.25, -0.2) is 9.59 Å². The summed E-state index contributed by atoms with van der Waals surface area (Å²) >= 11 is 1.62. The van der Waals surface area contributed by atoms with Crippen molar-refractivity contribution >= 4 is 34.6 Å². The molecule has 3 heterocycles. The first-order valence-electron chi connectivity index (χ1n) is 8.95. The predicted molar refractivity (Wildman–Crippen MR) is 102 cm³/mol. The van der Waals surface area contributed by atoms with E-state index in [2.05, 4.69) is 0 Å². The van der Waals surface area contributed by atoms with E-state index in [1.54, 1.807) is 16.7 Å².